The maximum atomic E-state index is 11.3. The van der Waals surface area contributed by atoms with E-state index in [-0.39, 0.29) is 12.5 Å². The highest BCUT2D eigenvalue weighted by Crippen LogP contribution is 2.17. The number of likely N-dealkylation sites (tertiary alicyclic amines) is 1. The lowest BCUT2D eigenvalue weighted by molar-refractivity contribution is 0.0478. The average molecular weight is 235 g/mol. The number of carbonyl (C=O) groups excluding carboxylic acids is 1. The van der Waals surface area contributed by atoms with Gasteiger partial charge in [-0.3, -0.25) is 14.7 Å². The van der Waals surface area contributed by atoms with Crippen LogP contribution in [0.5, 0.6) is 0 Å². The molecule has 2 heterocycles. The Labute approximate surface area is 100 Å². The van der Waals surface area contributed by atoms with Crippen molar-refractivity contribution in [3.63, 3.8) is 0 Å². The first-order valence-electron chi connectivity index (χ1n) is 5.73. The van der Waals surface area contributed by atoms with Crippen LogP contribution >= 0.6 is 0 Å². The van der Waals surface area contributed by atoms with Gasteiger partial charge in [0.1, 0.15) is 5.69 Å². The summed E-state index contributed by atoms with van der Waals surface area (Å²) in [6.45, 7) is 2.98. The predicted octanol–water partition coefficient (Wildman–Crippen LogP) is -0.135. The smallest absolute Gasteiger partial charge is 0.269 e. The third-order valence-corrected chi connectivity index (χ3v) is 2.98. The lowest BCUT2D eigenvalue weighted by Crippen LogP contribution is -2.47. The standard InChI is InChI=1S/C12H17N3O2/c1-13-12(17)11-3-2-9(4-14-11)5-15-6-10(7-15)8-16/h2-4,10,16H,5-8H2,1H3,(H,13,17). The fourth-order valence-corrected chi connectivity index (χ4v) is 1.96. The third-order valence-electron chi connectivity index (χ3n) is 2.98. The van der Waals surface area contributed by atoms with Crippen molar-refractivity contribution < 1.29 is 9.90 Å². The first-order chi connectivity index (χ1) is 8.22. The van der Waals surface area contributed by atoms with Gasteiger partial charge in [0.15, 0.2) is 0 Å². The van der Waals surface area contributed by atoms with E-state index in [4.69, 9.17) is 5.11 Å². The highest BCUT2D eigenvalue weighted by Gasteiger charge is 2.25. The van der Waals surface area contributed by atoms with Crippen LogP contribution in [0.4, 0.5) is 0 Å². The van der Waals surface area contributed by atoms with Crippen molar-refractivity contribution in [3.8, 4) is 0 Å². The molecular formula is C12H17N3O2. The molecule has 5 nitrogen and oxygen atoms in total. The molecule has 2 N–H and O–H groups in total. The Balaban J connectivity index is 1.88. The van der Waals surface area contributed by atoms with Crippen LogP contribution in [0.1, 0.15) is 16.1 Å². The number of aromatic nitrogens is 1. The number of carbonyl (C=O) groups is 1. The topological polar surface area (TPSA) is 65.5 Å². The summed E-state index contributed by atoms with van der Waals surface area (Å²) >= 11 is 0. The van der Waals surface area contributed by atoms with Gasteiger partial charge in [0.25, 0.3) is 5.91 Å². The van der Waals surface area contributed by atoms with Crippen molar-refractivity contribution >= 4 is 5.91 Å². The van der Waals surface area contributed by atoms with E-state index in [1.54, 1.807) is 19.3 Å². The maximum absolute atomic E-state index is 11.3. The highest BCUT2D eigenvalue weighted by atomic mass is 16.3. The monoisotopic (exact) mass is 235 g/mol. The minimum absolute atomic E-state index is 0.166. The Bertz CT molecular complexity index is 385. The second-order valence-electron chi connectivity index (χ2n) is 4.37. The summed E-state index contributed by atoms with van der Waals surface area (Å²) in [5, 5.41) is 11.4. The minimum Gasteiger partial charge on any atom is -0.396 e. The number of aliphatic hydroxyl groups excluding tert-OH is 1. The van der Waals surface area contributed by atoms with Crippen molar-refractivity contribution in [2.75, 3.05) is 26.7 Å². The summed E-state index contributed by atoms with van der Waals surface area (Å²) in [6.07, 6.45) is 1.73. The molecule has 1 amide bonds. The normalized spacial score (nSPS) is 16.6. The molecule has 0 aliphatic carbocycles. The molecule has 1 aliphatic heterocycles. The van der Waals surface area contributed by atoms with Crippen LogP contribution in [0.15, 0.2) is 18.3 Å². The van der Waals surface area contributed by atoms with Crippen LogP contribution < -0.4 is 5.32 Å². The molecule has 5 heteroatoms. The predicted molar refractivity (Wildman–Crippen MR) is 63.5 cm³/mol. The molecule has 1 aliphatic rings. The van der Waals surface area contributed by atoms with E-state index < -0.39 is 0 Å². The van der Waals surface area contributed by atoms with Crippen LogP contribution in [0, 0.1) is 5.92 Å². The molecule has 1 saturated heterocycles. The number of amides is 1. The molecule has 1 aromatic rings. The molecular weight excluding hydrogens is 218 g/mol. The first kappa shape index (κ1) is 12.0. The summed E-state index contributed by atoms with van der Waals surface area (Å²) in [6, 6.07) is 3.65. The average Bonchev–Trinajstić information content (AvgIpc) is 2.33. The Morgan fingerprint density at radius 1 is 1.59 bits per heavy atom. The molecule has 0 aromatic carbocycles. The number of rotatable bonds is 4. The van der Waals surface area contributed by atoms with Crippen LogP contribution in [0.2, 0.25) is 0 Å². The van der Waals surface area contributed by atoms with E-state index in [9.17, 15) is 4.79 Å². The van der Waals surface area contributed by atoms with E-state index >= 15 is 0 Å². The van der Waals surface area contributed by atoms with Crippen molar-refractivity contribution in [1.82, 2.24) is 15.2 Å². The van der Waals surface area contributed by atoms with Gasteiger partial charge in [-0.1, -0.05) is 6.07 Å². The van der Waals surface area contributed by atoms with Crippen LogP contribution in [0.25, 0.3) is 0 Å². The quantitative estimate of drug-likeness (QED) is 0.762. The Morgan fingerprint density at radius 3 is 2.88 bits per heavy atom. The van der Waals surface area contributed by atoms with Crippen LogP contribution in [-0.2, 0) is 6.54 Å². The van der Waals surface area contributed by atoms with Crippen molar-refractivity contribution in [1.29, 1.82) is 0 Å². The molecule has 17 heavy (non-hydrogen) atoms. The summed E-state index contributed by atoms with van der Waals surface area (Å²) in [5.74, 6) is 0.258. The Hall–Kier alpha value is -1.46. The van der Waals surface area contributed by atoms with Crippen molar-refractivity contribution in [2.24, 2.45) is 5.92 Å². The molecule has 1 fully saturated rings. The fourth-order valence-electron chi connectivity index (χ4n) is 1.96. The molecule has 0 unspecified atom stereocenters. The molecule has 0 saturated carbocycles. The Morgan fingerprint density at radius 2 is 2.35 bits per heavy atom. The summed E-state index contributed by atoms with van der Waals surface area (Å²) in [5.41, 5.74) is 1.53. The molecule has 1 aromatic heterocycles. The lowest BCUT2D eigenvalue weighted by atomic mass is 10.0. The van der Waals surface area contributed by atoms with Gasteiger partial charge in [0, 0.05) is 45.4 Å². The number of aliphatic hydroxyl groups is 1. The van der Waals surface area contributed by atoms with Crippen LogP contribution in [-0.4, -0.2) is 47.6 Å². The Kier molecular flexibility index (Phi) is 3.71. The second-order valence-corrected chi connectivity index (χ2v) is 4.37. The van der Waals surface area contributed by atoms with Gasteiger partial charge in [-0.15, -0.1) is 0 Å². The zero-order valence-electron chi connectivity index (χ0n) is 9.89. The fraction of sp³-hybridized carbons (Fsp3) is 0.500. The van der Waals surface area contributed by atoms with E-state index in [0.717, 1.165) is 25.2 Å². The summed E-state index contributed by atoms with van der Waals surface area (Å²) < 4.78 is 0. The van der Waals surface area contributed by atoms with Gasteiger partial charge >= 0.3 is 0 Å². The number of pyridine rings is 1. The molecule has 2 rings (SSSR count). The van der Waals surface area contributed by atoms with Gasteiger partial charge in [-0.25, -0.2) is 0 Å². The van der Waals surface area contributed by atoms with E-state index in [2.05, 4.69) is 15.2 Å². The summed E-state index contributed by atoms with van der Waals surface area (Å²) in [7, 11) is 1.59. The van der Waals surface area contributed by atoms with Crippen LogP contribution in [0.3, 0.4) is 0 Å². The number of nitrogens with one attached hydrogen (secondary N) is 1. The number of nitrogens with zero attached hydrogens (tertiary/aromatic N) is 2. The van der Waals surface area contributed by atoms with E-state index in [1.807, 2.05) is 6.07 Å². The minimum atomic E-state index is -0.166. The molecule has 0 radical (unpaired) electrons. The maximum Gasteiger partial charge on any atom is 0.269 e. The van der Waals surface area contributed by atoms with E-state index in [1.165, 1.54) is 0 Å². The van der Waals surface area contributed by atoms with Gasteiger partial charge < -0.3 is 10.4 Å². The lowest BCUT2D eigenvalue weighted by Gasteiger charge is -2.38. The largest absolute Gasteiger partial charge is 0.396 e. The highest BCUT2D eigenvalue weighted by molar-refractivity contribution is 5.91. The molecule has 0 spiro atoms. The molecule has 0 bridgehead atoms. The second kappa shape index (κ2) is 5.25. The number of hydrogen-bond donors (Lipinski definition) is 2. The van der Waals surface area contributed by atoms with Gasteiger partial charge in [0.05, 0.1) is 0 Å². The molecule has 0 atom stereocenters. The SMILES string of the molecule is CNC(=O)c1ccc(CN2CC(CO)C2)cn1. The van der Waals surface area contributed by atoms with Crippen molar-refractivity contribution in [2.45, 2.75) is 6.54 Å². The van der Waals surface area contributed by atoms with E-state index in [0.29, 0.717) is 11.6 Å². The van der Waals surface area contributed by atoms with Gasteiger partial charge in [-0.2, -0.15) is 0 Å². The first-order valence-corrected chi connectivity index (χ1v) is 5.73. The van der Waals surface area contributed by atoms with Gasteiger partial charge in [0.2, 0.25) is 0 Å². The van der Waals surface area contributed by atoms with Crippen molar-refractivity contribution in [3.05, 3.63) is 29.6 Å². The zero-order chi connectivity index (χ0) is 12.3. The molecule has 92 valence electrons. The zero-order valence-corrected chi connectivity index (χ0v) is 9.89. The number of hydrogen-bond acceptors (Lipinski definition) is 4. The third kappa shape index (κ3) is 2.81. The summed E-state index contributed by atoms with van der Waals surface area (Å²) in [4.78, 5) is 17.6. The van der Waals surface area contributed by atoms with Gasteiger partial charge in [-0.05, 0) is 11.6 Å².